The van der Waals surface area contributed by atoms with Crippen LogP contribution in [0.25, 0.3) is 0 Å². The van der Waals surface area contributed by atoms with E-state index in [4.69, 9.17) is 16.3 Å². The second-order valence-corrected chi connectivity index (χ2v) is 8.99. The molecule has 0 bridgehead atoms. The molecule has 1 amide bonds. The summed E-state index contributed by atoms with van der Waals surface area (Å²) in [5.74, 6) is 0.226. The Hall–Kier alpha value is -2.25. The molecule has 0 heterocycles. The van der Waals surface area contributed by atoms with Crippen LogP contribution in [-0.2, 0) is 10.0 Å². The summed E-state index contributed by atoms with van der Waals surface area (Å²) in [6, 6.07) is 10.6. The fourth-order valence-electron chi connectivity index (χ4n) is 2.31. The number of ether oxygens (including phenoxy) is 1. The smallest absolute Gasteiger partial charge is 0.261 e. The Morgan fingerprint density at radius 1 is 1.11 bits per heavy atom. The quantitative estimate of drug-likeness (QED) is 0.655. The van der Waals surface area contributed by atoms with Crippen LogP contribution in [0.1, 0.15) is 44.5 Å². The molecule has 0 aliphatic carbocycles. The average molecular weight is 425 g/mol. The van der Waals surface area contributed by atoms with Gasteiger partial charge in [-0.1, -0.05) is 18.5 Å². The number of halogens is 1. The fraction of sp³-hybridized carbons (Fsp3) is 0.350. The maximum atomic E-state index is 12.7. The molecule has 0 fully saturated rings. The molecule has 0 saturated carbocycles. The molecule has 0 saturated heterocycles. The van der Waals surface area contributed by atoms with E-state index in [2.05, 4.69) is 10.0 Å². The number of amides is 1. The number of nitrogens with one attached hydrogen (secondary N) is 2. The molecule has 8 heteroatoms. The summed E-state index contributed by atoms with van der Waals surface area (Å²) < 4.78 is 33.3. The van der Waals surface area contributed by atoms with Crippen molar-refractivity contribution >= 4 is 33.2 Å². The van der Waals surface area contributed by atoms with Gasteiger partial charge in [-0.3, -0.25) is 9.52 Å². The molecule has 152 valence electrons. The number of carbonyl (C=O) groups excluding carboxylic acids is 1. The van der Waals surface area contributed by atoms with Gasteiger partial charge in [-0.25, -0.2) is 8.42 Å². The van der Waals surface area contributed by atoms with Crippen LogP contribution in [0, 0.1) is 0 Å². The third-order valence-electron chi connectivity index (χ3n) is 4.25. The average Bonchev–Trinajstić information content (AvgIpc) is 2.63. The maximum absolute atomic E-state index is 12.7. The van der Waals surface area contributed by atoms with Crippen LogP contribution in [0.2, 0.25) is 5.02 Å². The van der Waals surface area contributed by atoms with Gasteiger partial charge in [-0.2, -0.15) is 0 Å². The predicted molar refractivity (Wildman–Crippen MR) is 112 cm³/mol. The Morgan fingerprint density at radius 2 is 1.75 bits per heavy atom. The summed E-state index contributed by atoms with van der Waals surface area (Å²) in [6.45, 7) is 8.10. The molecule has 2 aromatic carbocycles. The van der Waals surface area contributed by atoms with Crippen molar-refractivity contribution in [3.8, 4) is 5.75 Å². The van der Waals surface area contributed by atoms with Gasteiger partial charge in [0.25, 0.3) is 15.9 Å². The SMILES string of the molecule is CCOc1ccc(NS(=O)(=O)c2ccc(Cl)c(C(=O)NC(C)(C)CC)c2)cc1. The zero-order valence-electron chi connectivity index (χ0n) is 16.4. The maximum Gasteiger partial charge on any atom is 0.261 e. The van der Waals surface area contributed by atoms with E-state index in [-0.39, 0.29) is 15.5 Å². The van der Waals surface area contributed by atoms with Crippen LogP contribution >= 0.6 is 11.6 Å². The molecule has 0 spiro atoms. The number of carbonyl (C=O) groups is 1. The van der Waals surface area contributed by atoms with Crippen LogP contribution in [0.5, 0.6) is 5.75 Å². The number of hydrogen-bond acceptors (Lipinski definition) is 4. The van der Waals surface area contributed by atoms with Gasteiger partial charge >= 0.3 is 0 Å². The number of benzene rings is 2. The Morgan fingerprint density at radius 3 is 2.32 bits per heavy atom. The third kappa shape index (κ3) is 5.62. The van der Waals surface area contributed by atoms with Crippen molar-refractivity contribution < 1.29 is 17.9 Å². The van der Waals surface area contributed by atoms with Crippen molar-refractivity contribution in [1.82, 2.24) is 5.32 Å². The fourth-order valence-corrected chi connectivity index (χ4v) is 3.60. The lowest BCUT2D eigenvalue weighted by Gasteiger charge is -2.24. The Bertz CT molecular complexity index is 941. The second kappa shape index (κ2) is 8.84. The van der Waals surface area contributed by atoms with Crippen molar-refractivity contribution in [2.75, 3.05) is 11.3 Å². The highest BCUT2D eigenvalue weighted by atomic mass is 35.5. The van der Waals surface area contributed by atoms with E-state index < -0.39 is 21.5 Å². The van der Waals surface area contributed by atoms with Crippen molar-refractivity contribution in [3.63, 3.8) is 0 Å². The summed E-state index contributed by atoms with van der Waals surface area (Å²) in [6.07, 6.45) is 0.716. The molecule has 0 unspecified atom stereocenters. The zero-order valence-corrected chi connectivity index (χ0v) is 17.9. The van der Waals surface area contributed by atoms with Crippen molar-refractivity contribution in [2.24, 2.45) is 0 Å². The molecule has 2 rings (SSSR count). The van der Waals surface area contributed by atoms with Gasteiger partial charge in [0.1, 0.15) is 5.75 Å². The van der Waals surface area contributed by atoms with Crippen molar-refractivity contribution in [3.05, 3.63) is 53.1 Å². The molecule has 2 aromatic rings. The lowest BCUT2D eigenvalue weighted by molar-refractivity contribution is 0.0911. The van der Waals surface area contributed by atoms with Crippen LogP contribution < -0.4 is 14.8 Å². The standard InChI is InChI=1S/C20H25ClN2O4S/c1-5-20(3,4)22-19(24)17-13-16(11-12-18(17)21)28(25,26)23-14-7-9-15(10-8-14)27-6-2/h7-13,23H,5-6H2,1-4H3,(H,22,24). The lowest BCUT2D eigenvalue weighted by Crippen LogP contribution is -2.42. The summed E-state index contributed by atoms with van der Waals surface area (Å²) in [5, 5.41) is 3.04. The minimum absolute atomic E-state index is 0.0507. The Labute approximate surface area is 171 Å². The van der Waals surface area contributed by atoms with Gasteiger partial charge in [0.2, 0.25) is 0 Å². The van der Waals surface area contributed by atoms with E-state index in [1.165, 1.54) is 18.2 Å². The first-order valence-corrected chi connectivity index (χ1v) is 10.8. The van der Waals surface area contributed by atoms with E-state index in [0.29, 0.717) is 24.5 Å². The van der Waals surface area contributed by atoms with Crippen molar-refractivity contribution in [2.45, 2.75) is 44.6 Å². The number of rotatable bonds is 8. The summed E-state index contributed by atoms with van der Waals surface area (Å²) in [5.41, 5.74) is 0.0600. The lowest BCUT2D eigenvalue weighted by atomic mass is 10.0. The minimum atomic E-state index is -3.89. The Kier molecular flexibility index (Phi) is 6.96. The van der Waals surface area contributed by atoms with Crippen LogP contribution in [0.4, 0.5) is 5.69 Å². The predicted octanol–water partition coefficient (Wildman–Crippen LogP) is 4.46. The molecular weight excluding hydrogens is 400 g/mol. The molecule has 2 N–H and O–H groups in total. The first-order valence-electron chi connectivity index (χ1n) is 8.95. The highest BCUT2D eigenvalue weighted by Gasteiger charge is 2.23. The zero-order chi connectivity index (χ0) is 20.9. The summed E-state index contributed by atoms with van der Waals surface area (Å²) in [4.78, 5) is 12.5. The largest absolute Gasteiger partial charge is 0.494 e. The van der Waals surface area contributed by atoms with E-state index in [1.54, 1.807) is 24.3 Å². The first kappa shape index (κ1) is 22.0. The molecule has 0 aliphatic heterocycles. The normalized spacial score (nSPS) is 11.8. The molecule has 0 radical (unpaired) electrons. The third-order valence-corrected chi connectivity index (χ3v) is 5.95. The molecule has 6 nitrogen and oxygen atoms in total. The number of anilines is 1. The molecule has 0 aliphatic rings. The summed E-state index contributed by atoms with van der Waals surface area (Å²) in [7, 11) is -3.89. The van der Waals surface area contributed by atoms with Gasteiger partial charge < -0.3 is 10.1 Å². The van der Waals surface area contributed by atoms with E-state index >= 15 is 0 Å². The van der Waals surface area contributed by atoms with Gasteiger partial charge in [0.15, 0.2) is 0 Å². The highest BCUT2D eigenvalue weighted by Crippen LogP contribution is 2.24. The number of hydrogen-bond donors (Lipinski definition) is 2. The van der Waals surface area contributed by atoms with Crippen LogP contribution in [0.15, 0.2) is 47.4 Å². The van der Waals surface area contributed by atoms with E-state index in [0.717, 1.165) is 0 Å². The summed E-state index contributed by atoms with van der Waals surface area (Å²) >= 11 is 6.13. The van der Waals surface area contributed by atoms with Crippen LogP contribution in [-0.4, -0.2) is 26.5 Å². The van der Waals surface area contributed by atoms with Gasteiger partial charge in [-0.15, -0.1) is 0 Å². The van der Waals surface area contributed by atoms with Gasteiger partial charge in [-0.05, 0) is 69.7 Å². The highest BCUT2D eigenvalue weighted by molar-refractivity contribution is 7.92. The van der Waals surface area contributed by atoms with Gasteiger partial charge in [0, 0.05) is 11.2 Å². The molecule has 28 heavy (non-hydrogen) atoms. The van der Waals surface area contributed by atoms with Crippen molar-refractivity contribution in [1.29, 1.82) is 0 Å². The monoisotopic (exact) mass is 424 g/mol. The Balaban J connectivity index is 2.27. The molecular formula is C20H25ClN2O4S. The second-order valence-electron chi connectivity index (χ2n) is 6.90. The van der Waals surface area contributed by atoms with Crippen LogP contribution in [0.3, 0.4) is 0 Å². The topological polar surface area (TPSA) is 84.5 Å². The van der Waals surface area contributed by atoms with E-state index in [1.807, 2.05) is 27.7 Å². The van der Waals surface area contributed by atoms with Gasteiger partial charge in [0.05, 0.1) is 22.1 Å². The molecule has 0 aromatic heterocycles. The number of sulfonamides is 1. The minimum Gasteiger partial charge on any atom is -0.494 e. The van der Waals surface area contributed by atoms with E-state index in [9.17, 15) is 13.2 Å². The first-order chi connectivity index (χ1) is 13.1. The molecule has 0 atom stereocenters.